The Morgan fingerprint density at radius 1 is 0.938 bits per heavy atom. The first-order chi connectivity index (χ1) is 5.78. The van der Waals surface area contributed by atoms with E-state index in [1.54, 1.807) is 0 Å². The van der Waals surface area contributed by atoms with Crippen LogP contribution < -0.4 is 103 Å². The Morgan fingerprint density at radius 3 is 1.31 bits per heavy atom. The normalized spacial score (nSPS) is 8.81. The Bertz CT molecular complexity index is 250. The monoisotopic (exact) mass is 484 g/mol. The van der Waals surface area contributed by atoms with Gasteiger partial charge in [-0.15, -0.1) is 0 Å². The smallest absolute Gasteiger partial charge is 1.00 e. The fourth-order valence-corrected chi connectivity index (χ4v) is 0.714. The minimum absolute atomic E-state index is 0. The molecule has 0 radical (unpaired) electrons. The number of rotatable bonds is 5. The third kappa shape index (κ3) is 11.6. The van der Waals surface area contributed by atoms with Crippen LogP contribution in [0.5, 0.6) is 0 Å². The molecule has 0 bridgehead atoms. The molecule has 0 amide bonds. The fourth-order valence-electron chi connectivity index (χ4n) is 0.714. The zero-order valence-electron chi connectivity index (χ0n) is 11.1. The summed E-state index contributed by atoms with van der Waals surface area (Å²) in [4.78, 5) is 30.5. The number of aliphatic hydroxyl groups is 1. The van der Waals surface area contributed by atoms with Gasteiger partial charge >= 0.3 is 147 Å². The second-order valence-corrected chi connectivity index (χ2v) is 2.48. The second-order valence-electron chi connectivity index (χ2n) is 2.48. The molecule has 0 spiro atoms. The van der Waals surface area contributed by atoms with E-state index in [0.29, 0.717) is 0 Å². The van der Waals surface area contributed by atoms with Crippen molar-refractivity contribution in [3.8, 4) is 0 Å². The van der Waals surface area contributed by atoms with E-state index >= 15 is 0 Å². The minimum atomic E-state index is -2.74. The zero-order chi connectivity index (χ0) is 10.6. The number of carboxylic acid groups (broad SMARTS) is 3. The van der Waals surface area contributed by atoms with Crippen LogP contribution in [0.15, 0.2) is 0 Å². The molecule has 0 saturated carbocycles. The van der Waals surface area contributed by atoms with Gasteiger partial charge in [0.15, 0.2) is 5.60 Å². The van der Waals surface area contributed by atoms with Crippen molar-refractivity contribution in [3.63, 3.8) is 0 Å². The third-order valence-electron chi connectivity index (χ3n) is 1.29. The fraction of sp³-hybridized carbons (Fsp3) is 0.500. The summed E-state index contributed by atoms with van der Waals surface area (Å²) in [6.07, 6.45) is -2.29. The van der Waals surface area contributed by atoms with Gasteiger partial charge in [0.1, 0.15) is 0 Å². The summed E-state index contributed by atoms with van der Waals surface area (Å²) in [5.74, 6) is -5.02. The van der Waals surface area contributed by atoms with Gasteiger partial charge in [-0.1, -0.05) is 0 Å². The second kappa shape index (κ2) is 12.6. The topological polar surface area (TPSA) is 132 Å². The van der Waals surface area contributed by atoms with Gasteiger partial charge in [0.05, 0.1) is 12.8 Å². The van der Waals surface area contributed by atoms with Crippen molar-refractivity contribution in [2.75, 3.05) is 0 Å². The van der Waals surface area contributed by atoms with Gasteiger partial charge < -0.3 is 23.3 Å². The molecule has 0 heterocycles. The number of aliphatic carboxylic acids is 3. The molecule has 0 aliphatic heterocycles. The third-order valence-corrected chi connectivity index (χ3v) is 1.29. The van der Waals surface area contributed by atoms with Gasteiger partial charge in [-0.25, -0.2) is 4.79 Å². The van der Waals surface area contributed by atoms with E-state index in [-0.39, 0.29) is 132 Å². The Hall–Kier alpha value is 2.53. The molecule has 0 aromatic carbocycles. The maximum Gasteiger partial charge on any atom is 1.00 e. The summed E-state index contributed by atoms with van der Waals surface area (Å²) in [6, 6.07) is 0. The zero-order valence-corrected chi connectivity index (χ0v) is 20.9. The van der Waals surface area contributed by atoms with Crippen molar-refractivity contribution in [2.45, 2.75) is 18.4 Å². The van der Waals surface area contributed by atoms with E-state index in [0.717, 1.165) is 0 Å². The van der Waals surface area contributed by atoms with Crippen LogP contribution in [-0.2, 0) is 14.4 Å². The Balaban J connectivity index is -0.0000000720. The number of carbonyl (C=O) groups is 3. The van der Waals surface area contributed by atoms with Gasteiger partial charge in [0, 0.05) is 0 Å². The first-order valence-corrected chi connectivity index (χ1v) is 3.17. The summed E-state index contributed by atoms with van der Waals surface area (Å²) in [5, 5.41) is 33.8. The predicted octanol–water partition coefficient (Wildman–Crippen LogP) is -8.20. The predicted molar refractivity (Wildman–Crippen MR) is 49.3 cm³/mol. The first-order valence-electron chi connectivity index (χ1n) is 3.17. The van der Waals surface area contributed by atoms with Gasteiger partial charge in [-0.2, -0.15) is 0 Å². The van der Waals surface area contributed by atoms with Gasteiger partial charge in [-0.05, 0) is 0 Å². The van der Waals surface area contributed by atoms with Crippen molar-refractivity contribution in [3.05, 3.63) is 0 Å². The van der Waals surface area contributed by atoms with Crippen LogP contribution in [0.25, 0.3) is 0 Å². The van der Waals surface area contributed by atoms with Crippen molar-refractivity contribution >= 4 is 44.1 Å². The van der Waals surface area contributed by atoms with Gasteiger partial charge in [-0.3, -0.25) is 9.59 Å². The van der Waals surface area contributed by atoms with Gasteiger partial charge in [0.2, 0.25) is 0 Å². The molecule has 0 aliphatic carbocycles. The van der Waals surface area contributed by atoms with Crippen LogP contribution in [0.3, 0.4) is 0 Å². The molecule has 0 atom stereocenters. The molecule has 0 aromatic rings. The first kappa shape index (κ1) is 27.0. The van der Waals surface area contributed by atoms with Crippen molar-refractivity contribution in [1.29, 1.82) is 0 Å². The number of hydrogen-bond donors (Lipinski definition) is 4. The molecular weight excluding hydrogens is 471 g/mol. The van der Waals surface area contributed by atoms with E-state index in [2.05, 4.69) is 0 Å². The van der Waals surface area contributed by atoms with E-state index in [4.69, 9.17) is 20.4 Å². The van der Waals surface area contributed by atoms with Gasteiger partial charge in [0.25, 0.3) is 0 Å². The quantitative estimate of drug-likeness (QED) is 0.285. The van der Waals surface area contributed by atoms with Crippen LogP contribution in [0.2, 0.25) is 0 Å². The summed E-state index contributed by atoms with van der Waals surface area (Å²) < 4.78 is 0. The van der Waals surface area contributed by atoms with Crippen molar-refractivity contribution < 1.29 is 140 Å². The largest absolute Gasteiger partial charge is 1.00 e. The summed E-state index contributed by atoms with van der Waals surface area (Å²) in [7, 11) is 0. The van der Waals surface area contributed by atoms with Crippen LogP contribution in [0, 0.1) is 0 Å². The maximum absolute atomic E-state index is 10.3. The van der Waals surface area contributed by atoms with E-state index in [1.807, 2.05) is 0 Å². The average Bonchev–Trinajstić information content (AvgIpc) is 1.82. The SMILES string of the molecule is O=C(O)CC(O)(CC(=O)O)C(=O)O.[BiH3].[H-].[H-].[K+].[K+]. The van der Waals surface area contributed by atoms with Crippen LogP contribution in [0.1, 0.15) is 15.7 Å². The molecule has 0 unspecified atom stereocenters. The Morgan fingerprint density at radius 2 is 1.19 bits per heavy atom. The number of hydrogen-bond acceptors (Lipinski definition) is 4. The molecule has 0 saturated heterocycles. The standard InChI is InChI=1S/C6H8O7.Bi.2K.5H/c7-3(8)1-6(13,5(11)12)2-4(9)10;;;;;;;;/h13H,1-2H2,(H,7,8)(H,9,10)(H,11,12);;;;;;;;/q;;2*+1;;;;2*-1. The average molecular weight is 484 g/mol. The molecule has 86 valence electrons. The molecule has 0 aliphatic rings. The van der Waals surface area contributed by atoms with Crippen molar-refractivity contribution in [1.82, 2.24) is 0 Å². The van der Waals surface area contributed by atoms with E-state index in [9.17, 15) is 14.4 Å². The molecular formula is C6H13BiK2O7. The molecule has 7 nitrogen and oxygen atoms in total. The molecule has 0 fully saturated rings. The Kier molecular flexibility index (Phi) is 21.2. The molecule has 0 aromatic heterocycles. The van der Waals surface area contributed by atoms with Crippen LogP contribution in [-0.4, -0.2) is 70.1 Å². The summed E-state index contributed by atoms with van der Waals surface area (Å²) in [5.41, 5.74) is -2.74. The minimum Gasteiger partial charge on any atom is -1.00 e. The maximum atomic E-state index is 10.3. The Labute approximate surface area is 198 Å². The van der Waals surface area contributed by atoms with Crippen molar-refractivity contribution in [2.24, 2.45) is 0 Å². The molecule has 16 heavy (non-hydrogen) atoms. The van der Waals surface area contributed by atoms with Crippen LogP contribution >= 0.6 is 0 Å². The number of carboxylic acids is 3. The molecule has 4 N–H and O–H groups in total. The summed E-state index contributed by atoms with van der Waals surface area (Å²) in [6.45, 7) is 0. The molecule has 10 heteroatoms. The van der Waals surface area contributed by atoms with Crippen LogP contribution in [0.4, 0.5) is 0 Å². The molecule has 0 rings (SSSR count). The van der Waals surface area contributed by atoms with E-state index < -0.39 is 36.4 Å². The van der Waals surface area contributed by atoms with E-state index in [1.165, 1.54) is 0 Å². The summed E-state index contributed by atoms with van der Waals surface area (Å²) >= 11 is 0.